The van der Waals surface area contributed by atoms with Crippen molar-refractivity contribution in [1.29, 1.82) is 0 Å². The predicted molar refractivity (Wildman–Crippen MR) is 300 cm³/mol. The van der Waals surface area contributed by atoms with Gasteiger partial charge in [0, 0.05) is 6.42 Å². The topological polar surface area (TPSA) is 228 Å². The summed E-state index contributed by atoms with van der Waals surface area (Å²) in [5.74, 6) is -0.257. The Morgan fingerprint density at radius 3 is 1.40 bits per heavy atom. The third-order valence-electron chi connectivity index (χ3n) is 14.7. The van der Waals surface area contributed by atoms with E-state index < -0.39 is 86.8 Å². The van der Waals surface area contributed by atoms with Crippen molar-refractivity contribution in [3.8, 4) is 0 Å². The third kappa shape index (κ3) is 32.6. The Hall–Kier alpha value is -2.05. The van der Waals surface area contributed by atoms with E-state index in [-0.39, 0.29) is 18.9 Å². The number of unbranched alkanes of at least 4 members (excludes halogenated alkanes) is 29. The maximum Gasteiger partial charge on any atom is 0.220 e. The van der Waals surface area contributed by atoms with E-state index in [1.54, 1.807) is 6.08 Å². The Kier molecular flexibility index (Phi) is 43.1. The molecule has 0 aromatic rings. The molecule has 2 aliphatic heterocycles. The van der Waals surface area contributed by atoms with Crippen molar-refractivity contribution in [2.75, 3.05) is 19.8 Å². The van der Waals surface area contributed by atoms with Crippen LogP contribution in [0.5, 0.6) is 0 Å². The molecular formula is C61H111NO13. The molecule has 12 unspecified atom stereocenters. The minimum Gasteiger partial charge on any atom is -0.394 e. The van der Waals surface area contributed by atoms with Crippen LogP contribution in [0.15, 0.2) is 48.6 Å². The SMILES string of the molecule is CCCCCC/C=C\C/C=C\CCCCCCCCCC(=O)NC(COC1OC(CO)C(OC2OC(CO)C(O)C(O)C2O)C(O)C1O)C(O)/C=C/CC/C=C/CCCCCCCCCCCCCCCCCCC. The molecule has 0 aliphatic carbocycles. The van der Waals surface area contributed by atoms with Crippen molar-refractivity contribution in [2.24, 2.45) is 0 Å². The molecule has 1 amide bonds. The normalized spacial score (nSPS) is 25.4. The first-order valence-electron chi connectivity index (χ1n) is 30.4. The molecule has 0 saturated carbocycles. The van der Waals surface area contributed by atoms with E-state index in [4.69, 9.17) is 18.9 Å². The van der Waals surface area contributed by atoms with Crippen molar-refractivity contribution in [2.45, 2.75) is 312 Å². The molecule has 75 heavy (non-hydrogen) atoms. The lowest BCUT2D eigenvalue weighted by Crippen LogP contribution is -2.65. The average Bonchev–Trinajstić information content (AvgIpc) is 3.41. The number of ether oxygens (including phenoxy) is 4. The quantitative estimate of drug-likeness (QED) is 0.0204. The van der Waals surface area contributed by atoms with Crippen molar-refractivity contribution in [1.82, 2.24) is 5.32 Å². The first-order chi connectivity index (χ1) is 36.6. The summed E-state index contributed by atoms with van der Waals surface area (Å²) < 4.78 is 22.8. The standard InChI is InChI=1S/C61H111NO13/c1-3-5-7-9-11-13-15-17-19-21-23-24-25-26-27-28-30-32-34-36-38-40-42-44-50(65)49(62-53(66)45-43-41-39-37-35-33-31-29-22-20-18-16-14-12-10-8-6-4-2)48-72-60-58(71)56(69)59(52(47-64)74-60)75-61-57(70)55(68)54(67)51(46-63)73-61/h14,16,20,22,34,36,42,44,49-52,54-61,63-65,67-71H,3-13,15,17-19,21,23-33,35,37-41,43,45-48H2,1-2H3,(H,62,66)/b16-14-,22-20-,36-34+,44-42+. The molecule has 0 aromatic heterocycles. The van der Waals surface area contributed by atoms with Gasteiger partial charge in [0.1, 0.15) is 48.8 Å². The Morgan fingerprint density at radius 2 is 0.893 bits per heavy atom. The van der Waals surface area contributed by atoms with Crippen LogP contribution in [0.3, 0.4) is 0 Å². The molecule has 12 atom stereocenters. The van der Waals surface area contributed by atoms with Gasteiger partial charge in [0.2, 0.25) is 5.91 Å². The fourth-order valence-corrected chi connectivity index (χ4v) is 9.81. The van der Waals surface area contributed by atoms with Gasteiger partial charge in [-0.2, -0.15) is 0 Å². The summed E-state index contributed by atoms with van der Waals surface area (Å²) in [6, 6.07) is -0.937. The van der Waals surface area contributed by atoms with E-state index in [9.17, 15) is 45.6 Å². The predicted octanol–water partition coefficient (Wildman–Crippen LogP) is 10.4. The fraction of sp³-hybridized carbons (Fsp3) is 0.852. The highest BCUT2D eigenvalue weighted by molar-refractivity contribution is 5.76. The molecule has 2 heterocycles. The summed E-state index contributed by atoms with van der Waals surface area (Å²) >= 11 is 0. The Labute approximate surface area is 454 Å². The largest absolute Gasteiger partial charge is 0.394 e. The number of hydrogen-bond acceptors (Lipinski definition) is 13. The van der Waals surface area contributed by atoms with E-state index in [1.807, 2.05) is 6.08 Å². The number of carbonyl (C=O) groups is 1. The summed E-state index contributed by atoms with van der Waals surface area (Å²) in [6.45, 7) is 2.77. The Balaban J connectivity index is 1.78. The molecular weight excluding hydrogens is 955 g/mol. The molecule has 2 saturated heterocycles. The molecule has 14 heteroatoms. The highest BCUT2D eigenvalue weighted by atomic mass is 16.7. The van der Waals surface area contributed by atoms with Crippen molar-refractivity contribution >= 4 is 5.91 Å². The van der Waals surface area contributed by atoms with Gasteiger partial charge < -0.3 is 65.1 Å². The van der Waals surface area contributed by atoms with Gasteiger partial charge in [-0.1, -0.05) is 217 Å². The van der Waals surface area contributed by atoms with E-state index in [2.05, 4.69) is 55.6 Å². The van der Waals surface area contributed by atoms with Gasteiger partial charge in [-0.25, -0.2) is 0 Å². The smallest absolute Gasteiger partial charge is 0.220 e. The molecule has 9 N–H and O–H groups in total. The molecule has 2 rings (SSSR count). The number of aliphatic hydroxyl groups excluding tert-OH is 8. The second-order valence-corrected chi connectivity index (χ2v) is 21.5. The lowest BCUT2D eigenvalue weighted by Gasteiger charge is -2.46. The van der Waals surface area contributed by atoms with E-state index in [1.165, 1.54) is 154 Å². The molecule has 0 spiro atoms. The fourth-order valence-electron chi connectivity index (χ4n) is 9.81. The van der Waals surface area contributed by atoms with Crippen LogP contribution in [0.4, 0.5) is 0 Å². The first kappa shape index (κ1) is 69.1. The number of allylic oxidation sites excluding steroid dienone is 7. The number of nitrogens with one attached hydrogen (secondary N) is 1. The number of carbonyl (C=O) groups excluding carboxylic acids is 1. The van der Waals surface area contributed by atoms with Crippen LogP contribution in [0.2, 0.25) is 0 Å². The summed E-state index contributed by atoms with van der Waals surface area (Å²) in [7, 11) is 0. The summed E-state index contributed by atoms with van der Waals surface area (Å²) in [5.41, 5.74) is 0. The van der Waals surface area contributed by atoms with Crippen LogP contribution in [0.25, 0.3) is 0 Å². The molecule has 2 fully saturated rings. The van der Waals surface area contributed by atoms with Crippen molar-refractivity contribution in [3.63, 3.8) is 0 Å². The van der Waals surface area contributed by atoms with Gasteiger partial charge >= 0.3 is 0 Å². The minimum absolute atomic E-state index is 0.257. The summed E-state index contributed by atoms with van der Waals surface area (Å²) in [4.78, 5) is 13.2. The van der Waals surface area contributed by atoms with Crippen LogP contribution < -0.4 is 5.32 Å². The van der Waals surface area contributed by atoms with Crippen molar-refractivity contribution in [3.05, 3.63) is 48.6 Å². The second-order valence-electron chi connectivity index (χ2n) is 21.5. The zero-order valence-electron chi connectivity index (χ0n) is 47.0. The van der Waals surface area contributed by atoms with Gasteiger partial charge in [-0.15, -0.1) is 0 Å². The third-order valence-corrected chi connectivity index (χ3v) is 14.7. The van der Waals surface area contributed by atoms with Gasteiger partial charge in [0.15, 0.2) is 12.6 Å². The molecule has 438 valence electrons. The molecule has 0 radical (unpaired) electrons. The Bertz CT molecular complexity index is 1440. The maximum absolute atomic E-state index is 13.2. The van der Waals surface area contributed by atoms with E-state index >= 15 is 0 Å². The highest BCUT2D eigenvalue weighted by Gasteiger charge is 2.51. The Morgan fingerprint density at radius 1 is 0.480 bits per heavy atom. The summed E-state index contributed by atoms with van der Waals surface area (Å²) in [5, 5.41) is 87.1. The van der Waals surface area contributed by atoms with Crippen LogP contribution in [0.1, 0.15) is 239 Å². The van der Waals surface area contributed by atoms with Gasteiger partial charge in [-0.3, -0.25) is 4.79 Å². The lowest BCUT2D eigenvalue weighted by molar-refractivity contribution is -0.359. The minimum atomic E-state index is -1.79. The number of rotatable bonds is 48. The molecule has 0 bridgehead atoms. The molecule has 0 aromatic carbocycles. The number of amides is 1. The lowest BCUT2D eigenvalue weighted by atomic mass is 9.97. The zero-order chi connectivity index (χ0) is 54.6. The second kappa shape index (κ2) is 46.8. The molecule has 2 aliphatic rings. The van der Waals surface area contributed by atoms with Crippen molar-refractivity contribution < 1.29 is 64.6 Å². The van der Waals surface area contributed by atoms with Crippen LogP contribution >= 0.6 is 0 Å². The highest BCUT2D eigenvalue weighted by Crippen LogP contribution is 2.30. The van der Waals surface area contributed by atoms with Gasteiger partial charge in [0.05, 0.1) is 32.0 Å². The zero-order valence-corrected chi connectivity index (χ0v) is 47.0. The molecule has 14 nitrogen and oxygen atoms in total. The van der Waals surface area contributed by atoms with Crippen LogP contribution in [0, 0.1) is 0 Å². The monoisotopic (exact) mass is 1070 g/mol. The first-order valence-corrected chi connectivity index (χ1v) is 30.4. The maximum atomic E-state index is 13.2. The summed E-state index contributed by atoms with van der Waals surface area (Å²) in [6.07, 6.45) is 41.5. The van der Waals surface area contributed by atoms with Crippen LogP contribution in [-0.4, -0.2) is 140 Å². The van der Waals surface area contributed by atoms with Gasteiger partial charge in [0.25, 0.3) is 0 Å². The number of aliphatic hydroxyl groups is 8. The number of hydrogen-bond donors (Lipinski definition) is 9. The van der Waals surface area contributed by atoms with Crippen LogP contribution in [-0.2, 0) is 23.7 Å². The van der Waals surface area contributed by atoms with E-state index in [0.29, 0.717) is 12.8 Å². The average molecular weight is 1070 g/mol. The van der Waals surface area contributed by atoms with Gasteiger partial charge in [-0.05, 0) is 64.2 Å². The van der Waals surface area contributed by atoms with E-state index in [0.717, 1.165) is 51.4 Å².